The first-order chi connectivity index (χ1) is 5.11. The van der Waals surface area contributed by atoms with Crippen LogP contribution in [0.1, 0.15) is 13.3 Å². The summed E-state index contributed by atoms with van der Waals surface area (Å²) in [6, 6.07) is 0. The minimum absolute atomic E-state index is 0.747. The molecule has 0 spiro atoms. The Bertz CT molecular complexity index is 214. The molecule has 0 radical (unpaired) electrons. The Balaban J connectivity index is 4.48. The minimum atomic E-state index is -0.943. The van der Waals surface area contributed by atoms with Gasteiger partial charge in [-0.1, -0.05) is 31.7 Å². The van der Waals surface area contributed by atoms with Crippen molar-refractivity contribution in [2.45, 2.75) is 13.3 Å². The molecule has 2 heteroatoms. The molecule has 0 rings (SSSR count). The maximum Gasteiger partial charge on any atom is 0.0497 e. The third-order valence-corrected chi connectivity index (χ3v) is 2.28. The van der Waals surface area contributed by atoms with Gasteiger partial charge in [0.15, 0.2) is 0 Å². The largest absolute Gasteiger partial charge is 0.255 e. The van der Waals surface area contributed by atoms with Crippen LogP contribution in [0.4, 0.5) is 0 Å². The normalized spacial score (nSPS) is 14.2. The second-order valence-electron chi connectivity index (χ2n) is 2.22. The zero-order valence-electron chi connectivity index (χ0n) is 7.09. The topological polar surface area (TPSA) is 17.1 Å². The molecular weight excluding hydrogens is 156 g/mol. The SMILES string of the molecule is C=C/C(=C\C(=C)CC)S(C)=O. The van der Waals surface area contributed by atoms with Crippen molar-refractivity contribution in [3.8, 4) is 0 Å². The molecule has 0 aromatic heterocycles. The van der Waals surface area contributed by atoms with Crippen LogP contribution in [0.5, 0.6) is 0 Å². The highest BCUT2D eigenvalue weighted by molar-refractivity contribution is 7.88. The fourth-order valence-electron chi connectivity index (χ4n) is 0.563. The summed E-state index contributed by atoms with van der Waals surface area (Å²) in [5.41, 5.74) is 0.982. The van der Waals surface area contributed by atoms with Gasteiger partial charge in [-0.3, -0.25) is 4.21 Å². The molecule has 0 aliphatic carbocycles. The summed E-state index contributed by atoms with van der Waals surface area (Å²) in [7, 11) is -0.943. The second-order valence-corrected chi connectivity index (χ2v) is 3.60. The smallest absolute Gasteiger partial charge is 0.0497 e. The quantitative estimate of drug-likeness (QED) is 0.592. The van der Waals surface area contributed by atoms with Gasteiger partial charge in [-0.2, -0.15) is 0 Å². The van der Waals surface area contributed by atoms with Gasteiger partial charge in [0.05, 0.1) is 0 Å². The molecule has 0 fully saturated rings. The van der Waals surface area contributed by atoms with E-state index in [1.807, 2.05) is 13.0 Å². The Kier molecular flexibility index (Phi) is 4.79. The molecule has 0 aliphatic rings. The standard InChI is InChI=1S/C9H14OS/c1-5-8(3)7-9(6-2)11(4)10/h6-7H,2-3,5H2,1,4H3/b9-7+. The van der Waals surface area contributed by atoms with E-state index in [1.165, 1.54) is 0 Å². The molecule has 1 atom stereocenters. The molecule has 1 unspecified atom stereocenters. The average Bonchev–Trinajstić information content (AvgIpc) is 1.99. The van der Waals surface area contributed by atoms with Gasteiger partial charge in [0, 0.05) is 22.0 Å². The van der Waals surface area contributed by atoms with Crippen molar-refractivity contribution in [2.24, 2.45) is 0 Å². The van der Waals surface area contributed by atoms with Gasteiger partial charge in [0.2, 0.25) is 0 Å². The molecular formula is C9H14OS. The Labute approximate surface area is 71.0 Å². The lowest BCUT2D eigenvalue weighted by molar-refractivity contribution is 0.690. The van der Waals surface area contributed by atoms with Crippen molar-refractivity contribution in [1.29, 1.82) is 0 Å². The lowest BCUT2D eigenvalue weighted by Crippen LogP contribution is -1.88. The first kappa shape index (κ1) is 10.4. The summed E-state index contributed by atoms with van der Waals surface area (Å²) < 4.78 is 11.0. The molecule has 0 amide bonds. The second kappa shape index (κ2) is 5.08. The maximum absolute atomic E-state index is 11.0. The molecule has 0 aliphatic heterocycles. The average molecular weight is 170 g/mol. The van der Waals surface area contributed by atoms with E-state index in [1.54, 1.807) is 12.3 Å². The van der Waals surface area contributed by atoms with Crippen LogP contribution in [0.15, 0.2) is 35.8 Å². The van der Waals surface area contributed by atoms with Crippen molar-refractivity contribution in [1.82, 2.24) is 0 Å². The van der Waals surface area contributed by atoms with Crippen molar-refractivity contribution in [3.63, 3.8) is 0 Å². The Morgan fingerprint density at radius 2 is 2.18 bits per heavy atom. The summed E-state index contributed by atoms with van der Waals surface area (Å²) in [5, 5.41) is 0. The Morgan fingerprint density at radius 1 is 1.64 bits per heavy atom. The number of allylic oxidation sites excluding steroid dienone is 3. The van der Waals surface area contributed by atoms with E-state index in [4.69, 9.17) is 0 Å². The molecule has 0 aromatic carbocycles. The predicted octanol–water partition coefficient (Wildman–Crippen LogP) is 2.40. The van der Waals surface area contributed by atoms with Crippen LogP contribution in [0.2, 0.25) is 0 Å². The summed E-state index contributed by atoms with van der Waals surface area (Å²) in [4.78, 5) is 0.747. The summed E-state index contributed by atoms with van der Waals surface area (Å²) in [6.45, 7) is 9.36. The zero-order valence-corrected chi connectivity index (χ0v) is 7.91. The van der Waals surface area contributed by atoms with Gasteiger partial charge in [-0.05, 0) is 12.5 Å². The maximum atomic E-state index is 11.0. The van der Waals surface area contributed by atoms with Gasteiger partial charge in [0.1, 0.15) is 0 Å². The molecule has 0 N–H and O–H groups in total. The van der Waals surface area contributed by atoms with Gasteiger partial charge in [-0.15, -0.1) is 0 Å². The number of rotatable bonds is 4. The van der Waals surface area contributed by atoms with Crippen LogP contribution in [0, 0.1) is 0 Å². The lowest BCUT2D eigenvalue weighted by Gasteiger charge is -1.97. The van der Waals surface area contributed by atoms with Crippen LogP contribution in [0.3, 0.4) is 0 Å². The van der Waals surface area contributed by atoms with E-state index < -0.39 is 10.8 Å². The summed E-state index contributed by atoms with van der Waals surface area (Å²) in [6.07, 6.45) is 5.95. The van der Waals surface area contributed by atoms with Crippen molar-refractivity contribution in [2.75, 3.05) is 6.26 Å². The fraction of sp³-hybridized carbons (Fsp3) is 0.333. The lowest BCUT2D eigenvalue weighted by atomic mass is 10.2. The molecule has 0 saturated heterocycles. The molecule has 0 aromatic rings. The molecule has 0 bridgehead atoms. The zero-order chi connectivity index (χ0) is 8.85. The van der Waals surface area contributed by atoms with Crippen LogP contribution in [-0.4, -0.2) is 10.5 Å². The van der Waals surface area contributed by atoms with Crippen LogP contribution in [0.25, 0.3) is 0 Å². The first-order valence-corrected chi connectivity index (χ1v) is 5.03. The van der Waals surface area contributed by atoms with E-state index in [-0.39, 0.29) is 0 Å². The first-order valence-electron chi connectivity index (χ1n) is 3.47. The molecule has 0 heterocycles. The number of hydrogen-bond donors (Lipinski definition) is 0. The molecule has 1 nitrogen and oxygen atoms in total. The summed E-state index contributed by atoms with van der Waals surface area (Å²) >= 11 is 0. The molecule has 0 saturated carbocycles. The van der Waals surface area contributed by atoms with E-state index >= 15 is 0 Å². The van der Waals surface area contributed by atoms with E-state index in [2.05, 4.69) is 13.2 Å². The number of hydrogen-bond acceptors (Lipinski definition) is 1. The van der Waals surface area contributed by atoms with Crippen LogP contribution in [-0.2, 0) is 10.8 Å². The predicted molar refractivity (Wildman–Crippen MR) is 51.8 cm³/mol. The van der Waals surface area contributed by atoms with Gasteiger partial charge < -0.3 is 0 Å². The third-order valence-electron chi connectivity index (χ3n) is 1.33. The van der Waals surface area contributed by atoms with Crippen molar-refractivity contribution < 1.29 is 4.21 Å². The van der Waals surface area contributed by atoms with Crippen molar-refractivity contribution >= 4 is 10.8 Å². The Hall–Kier alpha value is -0.630. The van der Waals surface area contributed by atoms with Crippen LogP contribution >= 0.6 is 0 Å². The van der Waals surface area contributed by atoms with Crippen molar-refractivity contribution in [3.05, 3.63) is 35.8 Å². The summed E-state index contributed by atoms with van der Waals surface area (Å²) in [5.74, 6) is 0. The minimum Gasteiger partial charge on any atom is -0.255 e. The van der Waals surface area contributed by atoms with Gasteiger partial charge in [0.25, 0.3) is 0 Å². The van der Waals surface area contributed by atoms with E-state index in [0.717, 1.165) is 16.9 Å². The highest BCUT2D eigenvalue weighted by Crippen LogP contribution is 2.07. The fourth-order valence-corrected chi connectivity index (χ4v) is 1.13. The van der Waals surface area contributed by atoms with E-state index in [0.29, 0.717) is 0 Å². The van der Waals surface area contributed by atoms with Crippen LogP contribution < -0.4 is 0 Å². The van der Waals surface area contributed by atoms with Gasteiger partial charge in [-0.25, -0.2) is 0 Å². The Morgan fingerprint density at radius 3 is 2.45 bits per heavy atom. The molecule has 11 heavy (non-hydrogen) atoms. The highest BCUT2D eigenvalue weighted by Gasteiger charge is 1.95. The molecule has 62 valence electrons. The monoisotopic (exact) mass is 170 g/mol. The van der Waals surface area contributed by atoms with Gasteiger partial charge >= 0.3 is 0 Å². The third kappa shape index (κ3) is 3.94. The highest BCUT2D eigenvalue weighted by atomic mass is 32.2. The van der Waals surface area contributed by atoms with E-state index in [9.17, 15) is 4.21 Å².